The molecule has 6 heteroatoms. The van der Waals surface area contributed by atoms with Gasteiger partial charge >= 0.3 is 0 Å². The van der Waals surface area contributed by atoms with Gasteiger partial charge in [0, 0.05) is 17.1 Å². The van der Waals surface area contributed by atoms with Crippen molar-refractivity contribution in [2.24, 2.45) is 0 Å². The average molecular weight is 359 g/mol. The Morgan fingerprint density at radius 1 is 1.48 bits per heavy atom. The molecule has 1 atom stereocenters. The van der Waals surface area contributed by atoms with E-state index in [4.69, 9.17) is 4.74 Å². The maximum Gasteiger partial charge on any atom is 0.234 e. The summed E-state index contributed by atoms with van der Waals surface area (Å²) in [6.45, 7) is 4.65. The molecule has 0 bridgehead atoms. The van der Waals surface area contributed by atoms with Crippen molar-refractivity contribution in [1.29, 1.82) is 0 Å². The summed E-state index contributed by atoms with van der Waals surface area (Å²) in [7, 11) is 1.79. The Balaban J connectivity index is 2.29. The molecule has 2 N–H and O–H groups in total. The van der Waals surface area contributed by atoms with Gasteiger partial charge in [0.25, 0.3) is 0 Å². The second-order valence-corrected chi connectivity index (χ2v) is 6.26. The van der Waals surface area contributed by atoms with Crippen LogP contribution in [0.2, 0.25) is 0 Å². The van der Waals surface area contributed by atoms with Crippen LogP contribution in [0.3, 0.4) is 0 Å². The molecule has 1 amide bonds. The van der Waals surface area contributed by atoms with Gasteiger partial charge in [-0.1, -0.05) is 22.0 Å². The van der Waals surface area contributed by atoms with Crippen LogP contribution in [0.25, 0.3) is 0 Å². The molecule has 0 saturated heterocycles. The van der Waals surface area contributed by atoms with E-state index in [-0.39, 0.29) is 25.1 Å². The van der Waals surface area contributed by atoms with E-state index in [2.05, 4.69) is 21.2 Å². The number of amides is 1. The molecule has 0 radical (unpaired) electrons. The van der Waals surface area contributed by atoms with Gasteiger partial charge in [-0.25, -0.2) is 0 Å². The lowest BCUT2D eigenvalue weighted by Gasteiger charge is -2.21. The molecule has 118 valence electrons. The summed E-state index contributed by atoms with van der Waals surface area (Å²) in [6, 6.07) is 7.57. The maximum absolute atomic E-state index is 11.6. The fourth-order valence-electron chi connectivity index (χ4n) is 1.84. The monoisotopic (exact) mass is 358 g/mol. The van der Waals surface area contributed by atoms with Gasteiger partial charge in [-0.3, -0.25) is 9.69 Å². The van der Waals surface area contributed by atoms with Gasteiger partial charge in [0.1, 0.15) is 18.5 Å². The van der Waals surface area contributed by atoms with Crippen molar-refractivity contribution in [3.05, 3.63) is 28.7 Å². The quantitative estimate of drug-likeness (QED) is 0.741. The maximum atomic E-state index is 11.6. The van der Waals surface area contributed by atoms with Gasteiger partial charge in [-0.05, 0) is 39.1 Å². The SMILES string of the molecule is CC(C)NC(=O)CN(C)C[C@H](O)COc1cccc(Br)c1. The first kappa shape index (κ1) is 17.9. The zero-order chi connectivity index (χ0) is 15.8. The number of hydrogen-bond acceptors (Lipinski definition) is 4. The Bertz CT molecular complexity index is 454. The van der Waals surface area contributed by atoms with Crippen LogP contribution in [0.4, 0.5) is 0 Å². The summed E-state index contributed by atoms with van der Waals surface area (Å²) in [5.74, 6) is 0.649. The third-order valence-electron chi connectivity index (χ3n) is 2.62. The van der Waals surface area contributed by atoms with Crippen molar-refractivity contribution in [2.45, 2.75) is 26.0 Å². The molecule has 21 heavy (non-hydrogen) atoms. The summed E-state index contributed by atoms with van der Waals surface area (Å²) in [5, 5.41) is 12.7. The summed E-state index contributed by atoms with van der Waals surface area (Å²) >= 11 is 3.36. The van der Waals surface area contributed by atoms with E-state index in [1.54, 1.807) is 11.9 Å². The van der Waals surface area contributed by atoms with E-state index in [9.17, 15) is 9.90 Å². The lowest BCUT2D eigenvalue weighted by molar-refractivity contribution is -0.122. The highest BCUT2D eigenvalue weighted by Gasteiger charge is 2.12. The predicted octanol–water partition coefficient (Wildman–Crippen LogP) is 1.65. The smallest absolute Gasteiger partial charge is 0.234 e. The summed E-state index contributed by atoms with van der Waals surface area (Å²) in [6.07, 6.45) is -0.652. The lowest BCUT2D eigenvalue weighted by Crippen LogP contribution is -2.42. The van der Waals surface area contributed by atoms with E-state index in [1.165, 1.54) is 0 Å². The second kappa shape index (κ2) is 9.02. The third-order valence-corrected chi connectivity index (χ3v) is 3.12. The van der Waals surface area contributed by atoms with Gasteiger partial charge in [-0.15, -0.1) is 0 Å². The summed E-state index contributed by atoms with van der Waals surface area (Å²) in [4.78, 5) is 13.4. The zero-order valence-corrected chi connectivity index (χ0v) is 14.3. The Kier molecular flexibility index (Phi) is 7.71. The first-order valence-electron chi connectivity index (χ1n) is 6.91. The predicted molar refractivity (Wildman–Crippen MR) is 86.4 cm³/mol. The van der Waals surface area contributed by atoms with E-state index < -0.39 is 6.10 Å². The minimum Gasteiger partial charge on any atom is -0.491 e. The third kappa shape index (κ3) is 8.04. The molecule has 1 rings (SSSR count). The molecule has 0 aliphatic heterocycles. The van der Waals surface area contributed by atoms with Crippen molar-refractivity contribution < 1.29 is 14.6 Å². The number of aliphatic hydroxyl groups excluding tert-OH is 1. The Labute approximate surface area is 134 Å². The molecule has 0 fully saturated rings. The number of aliphatic hydroxyl groups is 1. The highest BCUT2D eigenvalue weighted by atomic mass is 79.9. The van der Waals surface area contributed by atoms with E-state index >= 15 is 0 Å². The number of carbonyl (C=O) groups is 1. The van der Waals surface area contributed by atoms with E-state index in [0.717, 1.165) is 4.47 Å². The standard InChI is InChI=1S/C15H23BrN2O3/c1-11(2)17-15(20)9-18(3)8-13(19)10-21-14-6-4-5-12(16)7-14/h4-7,11,13,19H,8-10H2,1-3H3,(H,17,20)/t13-/m0/s1. The molecule has 0 saturated carbocycles. The Morgan fingerprint density at radius 3 is 2.81 bits per heavy atom. The molecule has 5 nitrogen and oxygen atoms in total. The fourth-order valence-corrected chi connectivity index (χ4v) is 2.22. The number of hydrogen-bond donors (Lipinski definition) is 2. The molecular weight excluding hydrogens is 336 g/mol. The van der Waals surface area contributed by atoms with Gasteiger partial charge in [-0.2, -0.15) is 0 Å². The molecular formula is C15H23BrN2O3. The molecule has 0 heterocycles. The van der Waals surface area contributed by atoms with Crippen LogP contribution in [-0.2, 0) is 4.79 Å². The van der Waals surface area contributed by atoms with Gasteiger partial charge < -0.3 is 15.2 Å². The van der Waals surface area contributed by atoms with Crippen molar-refractivity contribution in [1.82, 2.24) is 10.2 Å². The molecule has 0 aliphatic rings. The summed E-state index contributed by atoms with van der Waals surface area (Å²) in [5.41, 5.74) is 0. The van der Waals surface area contributed by atoms with Crippen molar-refractivity contribution >= 4 is 21.8 Å². The number of ether oxygens (including phenoxy) is 1. The normalized spacial score (nSPS) is 12.5. The van der Waals surface area contributed by atoms with Crippen LogP contribution in [0.15, 0.2) is 28.7 Å². The first-order valence-corrected chi connectivity index (χ1v) is 7.70. The van der Waals surface area contributed by atoms with E-state index in [0.29, 0.717) is 12.3 Å². The molecule has 0 aromatic heterocycles. The zero-order valence-electron chi connectivity index (χ0n) is 12.7. The number of halogens is 1. The minimum absolute atomic E-state index is 0.0485. The van der Waals surface area contributed by atoms with Crippen LogP contribution in [0.5, 0.6) is 5.75 Å². The largest absolute Gasteiger partial charge is 0.491 e. The second-order valence-electron chi connectivity index (χ2n) is 5.34. The minimum atomic E-state index is -0.652. The van der Waals surface area contributed by atoms with Crippen LogP contribution in [-0.4, -0.2) is 54.8 Å². The van der Waals surface area contributed by atoms with Crippen LogP contribution < -0.4 is 10.1 Å². The molecule has 1 aromatic carbocycles. The summed E-state index contributed by atoms with van der Waals surface area (Å²) < 4.78 is 6.44. The topological polar surface area (TPSA) is 61.8 Å². The number of rotatable bonds is 8. The molecule has 1 aromatic rings. The molecule has 0 aliphatic carbocycles. The number of benzene rings is 1. The molecule has 0 unspecified atom stereocenters. The Hall–Kier alpha value is -1.11. The highest BCUT2D eigenvalue weighted by molar-refractivity contribution is 9.10. The van der Waals surface area contributed by atoms with Gasteiger partial charge in [0.15, 0.2) is 0 Å². The number of likely N-dealkylation sites (N-methyl/N-ethyl adjacent to an activating group) is 1. The highest BCUT2D eigenvalue weighted by Crippen LogP contribution is 2.17. The number of nitrogens with one attached hydrogen (secondary N) is 1. The van der Waals surface area contributed by atoms with Crippen LogP contribution >= 0.6 is 15.9 Å². The van der Waals surface area contributed by atoms with Crippen molar-refractivity contribution in [3.8, 4) is 5.75 Å². The fraction of sp³-hybridized carbons (Fsp3) is 0.533. The number of carbonyl (C=O) groups excluding carboxylic acids is 1. The van der Waals surface area contributed by atoms with Gasteiger partial charge in [0.05, 0.1) is 6.54 Å². The average Bonchev–Trinajstić information content (AvgIpc) is 2.35. The lowest BCUT2D eigenvalue weighted by atomic mass is 10.3. The van der Waals surface area contributed by atoms with E-state index in [1.807, 2.05) is 38.1 Å². The molecule has 0 spiro atoms. The number of nitrogens with zero attached hydrogens (tertiary/aromatic N) is 1. The van der Waals surface area contributed by atoms with Crippen molar-refractivity contribution in [2.75, 3.05) is 26.7 Å². The van der Waals surface area contributed by atoms with Crippen molar-refractivity contribution in [3.63, 3.8) is 0 Å². The first-order chi connectivity index (χ1) is 9.86. The van der Waals surface area contributed by atoms with Gasteiger partial charge in [0.2, 0.25) is 5.91 Å². The van der Waals surface area contributed by atoms with Crippen LogP contribution in [0.1, 0.15) is 13.8 Å². The van der Waals surface area contributed by atoms with Crippen LogP contribution in [0, 0.1) is 0 Å². The Morgan fingerprint density at radius 2 is 2.19 bits per heavy atom.